The molecule has 2 bridgehead atoms. The van der Waals surface area contributed by atoms with E-state index in [4.69, 9.17) is 11.6 Å². The quantitative estimate of drug-likeness (QED) is 0.819. The van der Waals surface area contributed by atoms with Crippen molar-refractivity contribution in [2.75, 3.05) is 0 Å². The number of benzene rings is 1. The van der Waals surface area contributed by atoms with Crippen LogP contribution < -0.4 is 0 Å². The first-order valence-electron chi connectivity index (χ1n) is 5.79. The average Bonchev–Trinajstić information content (AvgIpc) is 2.80. The summed E-state index contributed by atoms with van der Waals surface area (Å²) in [6.45, 7) is 0. The Morgan fingerprint density at radius 2 is 1.94 bits per heavy atom. The number of fused-ring (bicyclic) bond motifs is 2. The molecule has 0 aromatic heterocycles. The van der Waals surface area contributed by atoms with E-state index in [-0.39, 0.29) is 11.5 Å². The SMILES string of the molecule is O[C@@H]1C[C@@H]2C[C@H]1[C@H](Cl)[C@H]2Sc1ccccc1. The summed E-state index contributed by atoms with van der Waals surface area (Å²) in [6, 6.07) is 10.4. The lowest BCUT2D eigenvalue weighted by Crippen LogP contribution is -2.33. The third-order valence-electron chi connectivity index (χ3n) is 3.82. The molecule has 0 heterocycles. The number of halogens is 1. The fourth-order valence-corrected chi connectivity index (χ4v) is 5.03. The number of alkyl halides is 1. The maximum atomic E-state index is 9.78. The topological polar surface area (TPSA) is 20.2 Å². The van der Waals surface area contributed by atoms with E-state index < -0.39 is 0 Å². The van der Waals surface area contributed by atoms with Crippen molar-refractivity contribution in [1.29, 1.82) is 0 Å². The largest absolute Gasteiger partial charge is 0.393 e. The van der Waals surface area contributed by atoms with Gasteiger partial charge in [0.15, 0.2) is 0 Å². The minimum absolute atomic E-state index is 0.138. The number of hydrogen-bond donors (Lipinski definition) is 1. The molecule has 3 rings (SSSR count). The molecule has 5 atom stereocenters. The second kappa shape index (κ2) is 4.25. The highest BCUT2D eigenvalue weighted by Crippen LogP contribution is 2.53. The minimum Gasteiger partial charge on any atom is -0.393 e. The zero-order chi connectivity index (χ0) is 11.1. The van der Waals surface area contributed by atoms with E-state index in [1.54, 1.807) is 0 Å². The highest BCUT2D eigenvalue weighted by Gasteiger charge is 2.51. The Balaban J connectivity index is 1.74. The van der Waals surface area contributed by atoms with Crippen molar-refractivity contribution in [2.45, 2.75) is 34.5 Å². The van der Waals surface area contributed by atoms with E-state index in [1.165, 1.54) is 4.90 Å². The molecule has 0 radical (unpaired) electrons. The molecule has 0 spiro atoms. The van der Waals surface area contributed by atoms with E-state index in [1.807, 2.05) is 17.8 Å². The van der Waals surface area contributed by atoms with E-state index in [9.17, 15) is 5.11 Å². The highest BCUT2D eigenvalue weighted by atomic mass is 35.5. The van der Waals surface area contributed by atoms with E-state index in [2.05, 4.69) is 24.3 Å². The van der Waals surface area contributed by atoms with Crippen LogP contribution >= 0.6 is 23.4 Å². The van der Waals surface area contributed by atoms with Gasteiger partial charge in [0.25, 0.3) is 0 Å². The van der Waals surface area contributed by atoms with Crippen LogP contribution in [0, 0.1) is 11.8 Å². The lowest BCUT2D eigenvalue weighted by molar-refractivity contribution is 0.117. The third-order valence-corrected chi connectivity index (χ3v) is 6.06. The molecule has 0 amide bonds. The van der Waals surface area contributed by atoms with Gasteiger partial charge in [0.05, 0.1) is 11.5 Å². The van der Waals surface area contributed by atoms with Crippen molar-refractivity contribution in [3.63, 3.8) is 0 Å². The third kappa shape index (κ3) is 1.77. The number of aliphatic hydroxyl groups is 1. The number of aliphatic hydroxyl groups excluding tert-OH is 1. The smallest absolute Gasteiger partial charge is 0.0586 e. The van der Waals surface area contributed by atoms with Crippen LogP contribution in [0.1, 0.15) is 12.8 Å². The molecule has 86 valence electrons. The molecule has 1 N–H and O–H groups in total. The fraction of sp³-hybridized carbons (Fsp3) is 0.538. The maximum absolute atomic E-state index is 9.78. The predicted molar refractivity (Wildman–Crippen MR) is 67.9 cm³/mol. The summed E-state index contributed by atoms with van der Waals surface area (Å²) in [5.41, 5.74) is 0. The molecule has 2 aliphatic rings. The lowest BCUT2D eigenvalue weighted by Gasteiger charge is -2.29. The van der Waals surface area contributed by atoms with Gasteiger partial charge in [0, 0.05) is 16.1 Å². The van der Waals surface area contributed by atoms with E-state index in [0.29, 0.717) is 17.1 Å². The van der Waals surface area contributed by atoms with Crippen molar-refractivity contribution < 1.29 is 5.11 Å². The van der Waals surface area contributed by atoms with Gasteiger partial charge in [-0.1, -0.05) is 18.2 Å². The van der Waals surface area contributed by atoms with Crippen LogP contribution in [-0.2, 0) is 0 Å². The highest BCUT2D eigenvalue weighted by molar-refractivity contribution is 8.00. The molecule has 1 nitrogen and oxygen atoms in total. The normalized spacial score (nSPS) is 41.5. The standard InChI is InChI=1S/C13H15ClOS/c14-12-10-6-8(7-11(10)15)13(12)16-9-4-2-1-3-5-9/h1-5,8,10-13,15H,6-7H2/t8-,10+,11+,12-,13-/m0/s1. The van der Waals surface area contributed by atoms with Crippen LogP contribution in [0.5, 0.6) is 0 Å². The van der Waals surface area contributed by atoms with Crippen molar-refractivity contribution >= 4 is 23.4 Å². The van der Waals surface area contributed by atoms with Crippen LogP contribution in [-0.4, -0.2) is 21.8 Å². The van der Waals surface area contributed by atoms with Crippen LogP contribution in [0.3, 0.4) is 0 Å². The molecule has 2 aliphatic carbocycles. The Kier molecular flexibility index (Phi) is 2.90. The van der Waals surface area contributed by atoms with Crippen LogP contribution in [0.4, 0.5) is 0 Å². The molecule has 1 aromatic rings. The summed E-state index contributed by atoms with van der Waals surface area (Å²) in [5.74, 6) is 0.931. The van der Waals surface area contributed by atoms with Crippen molar-refractivity contribution in [3.8, 4) is 0 Å². The summed E-state index contributed by atoms with van der Waals surface area (Å²) >= 11 is 8.32. The molecule has 2 fully saturated rings. The first-order chi connectivity index (χ1) is 7.75. The monoisotopic (exact) mass is 254 g/mol. The summed E-state index contributed by atoms with van der Waals surface area (Å²) in [6.07, 6.45) is 1.90. The van der Waals surface area contributed by atoms with Crippen LogP contribution in [0.15, 0.2) is 35.2 Å². The number of rotatable bonds is 2. The fourth-order valence-electron chi connectivity index (χ4n) is 3.02. The average molecular weight is 255 g/mol. The molecular formula is C13H15ClOS. The van der Waals surface area contributed by atoms with Gasteiger partial charge in [-0.25, -0.2) is 0 Å². The van der Waals surface area contributed by atoms with Gasteiger partial charge < -0.3 is 5.11 Å². The number of hydrogen-bond acceptors (Lipinski definition) is 2. The van der Waals surface area contributed by atoms with Crippen molar-refractivity contribution in [3.05, 3.63) is 30.3 Å². The van der Waals surface area contributed by atoms with Crippen LogP contribution in [0.25, 0.3) is 0 Å². The Hall–Kier alpha value is -0.180. The molecule has 16 heavy (non-hydrogen) atoms. The molecule has 3 heteroatoms. The van der Waals surface area contributed by atoms with Gasteiger partial charge in [-0.15, -0.1) is 23.4 Å². The molecule has 0 aliphatic heterocycles. The van der Waals surface area contributed by atoms with Gasteiger partial charge in [-0.05, 0) is 30.9 Å². The zero-order valence-electron chi connectivity index (χ0n) is 8.92. The zero-order valence-corrected chi connectivity index (χ0v) is 10.5. The van der Waals surface area contributed by atoms with Gasteiger partial charge in [0.2, 0.25) is 0 Å². The molecule has 0 saturated heterocycles. The second-order valence-electron chi connectivity index (χ2n) is 4.80. The van der Waals surface area contributed by atoms with Crippen molar-refractivity contribution in [1.82, 2.24) is 0 Å². The Labute approximate surface area is 105 Å². The van der Waals surface area contributed by atoms with E-state index >= 15 is 0 Å². The maximum Gasteiger partial charge on any atom is 0.0586 e. The van der Waals surface area contributed by atoms with Gasteiger partial charge in [-0.3, -0.25) is 0 Å². The molecule has 0 unspecified atom stereocenters. The van der Waals surface area contributed by atoms with Gasteiger partial charge in [-0.2, -0.15) is 0 Å². The minimum atomic E-state index is -0.153. The summed E-state index contributed by atoms with van der Waals surface area (Å²) in [5, 5.41) is 10.4. The molecule has 1 aromatic carbocycles. The Bertz CT molecular complexity index is 367. The van der Waals surface area contributed by atoms with E-state index in [0.717, 1.165) is 12.8 Å². The number of thioether (sulfide) groups is 1. The first kappa shape index (κ1) is 10.9. The first-order valence-corrected chi connectivity index (χ1v) is 7.11. The molecular weight excluding hydrogens is 240 g/mol. The van der Waals surface area contributed by atoms with Gasteiger partial charge in [0.1, 0.15) is 0 Å². The predicted octanol–water partition coefficient (Wildman–Crippen LogP) is 3.16. The van der Waals surface area contributed by atoms with Gasteiger partial charge >= 0.3 is 0 Å². The van der Waals surface area contributed by atoms with Crippen LogP contribution in [0.2, 0.25) is 0 Å². The van der Waals surface area contributed by atoms with Crippen molar-refractivity contribution in [2.24, 2.45) is 11.8 Å². The Morgan fingerprint density at radius 3 is 2.56 bits per heavy atom. The molecule has 2 saturated carbocycles. The summed E-state index contributed by atoms with van der Waals surface area (Å²) < 4.78 is 0. The second-order valence-corrected chi connectivity index (χ2v) is 6.56. The Morgan fingerprint density at radius 1 is 1.19 bits per heavy atom. The summed E-state index contributed by atoms with van der Waals surface area (Å²) in [7, 11) is 0. The summed E-state index contributed by atoms with van der Waals surface area (Å²) in [4.78, 5) is 1.29. The lowest BCUT2D eigenvalue weighted by atomic mass is 9.97.